The summed E-state index contributed by atoms with van der Waals surface area (Å²) in [6.07, 6.45) is 0.380. The molecule has 108 valence electrons. The molecule has 6 heteroatoms. The summed E-state index contributed by atoms with van der Waals surface area (Å²) >= 11 is 0. The number of hydrogen-bond donors (Lipinski definition) is 4. The van der Waals surface area contributed by atoms with Gasteiger partial charge in [0.25, 0.3) is 5.91 Å². The van der Waals surface area contributed by atoms with Crippen molar-refractivity contribution < 1.29 is 14.7 Å². The summed E-state index contributed by atoms with van der Waals surface area (Å²) in [5.74, 6) is 5.42. The number of benzene rings is 1. The molecule has 1 aromatic carbocycles. The maximum atomic E-state index is 11.5. The topological polar surface area (TPSA) is 108 Å². The van der Waals surface area contributed by atoms with Gasteiger partial charge in [-0.05, 0) is 19.1 Å². The van der Waals surface area contributed by atoms with Gasteiger partial charge in [-0.2, -0.15) is 0 Å². The highest BCUT2D eigenvalue weighted by Gasteiger charge is 2.15. The summed E-state index contributed by atoms with van der Waals surface area (Å²) in [6.45, 7) is 1.67. The highest BCUT2D eigenvalue weighted by atomic mass is 16.3. The van der Waals surface area contributed by atoms with Crippen LogP contribution in [0.4, 0.5) is 5.82 Å². The SMILES string of the molecule is CC(O)CC#Cc1ccc2c(C(N)=O)c(NC=O)[nH]c2c1. The number of aromatic nitrogens is 1. The molecule has 2 aromatic rings. The van der Waals surface area contributed by atoms with Gasteiger partial charge in [-0.3, -0.25) is 9.59 Å². The van der Waals surface area contributed by atoms with Crippen LogP contribution in [0.2, 0.25) is 0 Å². The van der Waals surface area contributed by atoms with E-state index in [-0.39, 0.29) is 11.4 Å². The number of aliphatic hydroxyl groups is 1. The van der Waals surface area contributed by atoms with Gasteiger partial charge in [0.2, 0.25) is 6.41 Å². The second kappa shape index (κ2) is 6.11. The lowest BCUT2D eigenvalue weighted by Crippen LogP contribution is -2.13. The second-order valence-corrected chi connectivity index (χ2v) is 4.62. The predicted molar refractivity (Wildman–Crippen MR) is 79.7 cm³/mol. The molecule has 0 aliphatic rings. The van der Waals surface area contributed by atoms with E-state index in [9.17, 15) is 9.59 Å². The molecule has 1 aromatic heterocycles. The lowest BCUT2D eigenvalue weighted by molar-refractivity contribution is -0.105. The Labute approximate surface area is 121 Å². The average Bonchev–Trinajstić information content (AvgIpc) is 2.76. The van der Waals surface area contributed by atoms with Crippen molar-refractivity contribution in [2.45, 2.75) is 19.4 Å². The van der Waals surface area contributed by atoms with Gasteiger partial charge in [0.15, 0.2) is 0 Å². The van der Waals surface area contributed by atoms with E-state index in [2.05, 4.69) is 22.1 Å². The second-order valence-electron chi connectivity index (χ2n) is 4.62. The summed E-state index contributed by atoms with van der Waals surface area (Å²) in [7, 11) is 0. The van der Waals surface area contributed by atoms with E-state index in [0.717, 1.165) is 5.56 Å². The highest BCUT2D eigenvalue weighted by molar-refractivity contribution is 6.12. The first kappa shape index (κ1) is 14.6. The summed E-state index contributed by atoms with van der Waals surface area (Å²) in [6, 6.07) is 5.23. The number of aromatic amines is 1. The fraction of sp³-hybridized carbons (Fsp3) is 0.200. The molecule has 21 heavy (non-hydrogen) atoms. The third-order valence-corrected chi connectivity index (χ3v) is 2.88. The van der Waals surface area contributed by atoms with Crippen molar-refractivity contribution >= 4 is 29.0 Å². The van der Waals surface area contributed by atoms with Crippen molar-refractivity contribution in [2.24, 2.45) is 5.73 Å². The Hall–Kier alpha value is -2.78. The fourth-order valence-corrected chi connectivity index (χ4v) is 2.00. The third-order valence-electron chi connectivity index (χ3n) is 2.88. The van der Waals surface area contributed by atoms with Crippen LogP contribution in [0, 0.1) is 11.8 Å². The molecule has 0 bridgehead atoms. The van der Waals surface area contributed by atoms with E-state index in [1.165, 1.54) is 0 Å². The molecule has 5 N–H and O–H groups in total. The third kappa shape index (κ3) is 3.22. The van der Waals surface area contributed by atoms with Gasteiger partial charge in [-0.1, -0.05) is 17.9 Å². The number of nitrogens with one attached hydrogen (secondary N) is 2. The van der Waals surface area contributed by atoms with Crippen LogP contribution in [0.3, 0.4) is 0 Å². The number of nitrogens with two attached hydrogens (primary N) is 1. The quantitative estimate of drug-likeness (QED) is 0.496. The molecule has 0 aliphatic carbocycles. The Morgan fingerprint density at radius 3 is 2.95 bits per heavy atom. The molecular weight excluding hydrogens is 270 g/mol. The van der Waals surface area contributed by atoms with E-state index in [4.69, 9.17) is 10.8 Å². The Balaban J connectivity index is 2.46. The van der Waals surface area contributed by atoms with Crippen LogP contribution >= 0.6 is 0 Å². The fourth-order valence-electron chi connectivity index (χ4n) is 2.00. The van der Waals surface area contributed by atoms with Crippen molar-refractivity contribution in [3.8, 4) is 11.8 Å². The normalized spacial score (nSPS) is 11.5. The number of amides is 2. The number of carbonyl (C=O) groups excluding carboxylic acids is 2. The van der Waals surface area contributed by atoms with Gasteiger partial charge in [0, 0.05) is 22.9 Å². The monoisotopic (exact) mass is 285 g/mol. The molecule has 0 radical (unpaired) electrons. The summed E-state index contributed by atoms with van der Waals surface area (Å²) in [4.78, 5) is 25.0. The number of primary amides is 1. The van der Waals surface area contributed by atoms with Crippen molar-refractivity contribution in [1.82, 2.24) is 4.98 Å². The number of H-pyrrole nitrogens is 1. The number of anilines is 1. The Morgan fingerprint density at radius 1 is 1.57 bits per heavy atom. The minimum Gasteiger partial charge on any atom is -0.392 e. The van der Waals surface area contributed by atoms with Gasteiger partial charge < -0.3 is 21.1 Å². The molecule has 0 aliphatic heterocycles. The number of carbonyl (C=O) groups is 2. The standard InChI is InChI=1S/C15H15N3O3/c1-9(20)3-2-4-10-5-6-11-12(7-10)18-15(17-8-19)13(11)14(16)21/h5-9,18,20H,3H2,1H3,(H2,16,21)(H,17,19). The minimum atomic E-state index is -0.626. The highest BCUT2D eigenvalue weighted by Crippen LogP contribution is 2.26. The van der Waals surface area contributed by atoms with E-state index in [0.29, 0.717) is 23.7 Å². The zero-order valence-electron chi connectivity index (χ0n) is 11.4. The van der Waals surface area contributed by atoms with Crippen molar-refractivity contribution in [3.05, 3.63) is 29.3 Å². The Bertz CT molecular complexity index is 751. The predicted octanol–water partition coefficient (Wildman–Crippen LogP) is 0.957. The van der Waals surface area contributed by atoms with Crippen molar-refractivity contribution in [1.29, 1.82) is 0 Å². The summed E-state index contributed by atoms with van der Waals surface area (Å²) in [5.41, 5.74) is 6.96. The Kier molecular flexibility index (Phi) is 4.26. The molecule has 1 atom stereocenters. The Morgan fingerprint density at radius 2 is 2.33 bits per heavy atom. The maximum Gasteiger partial charge on any atom is 0.253 e. The van der Waals surface area contributed by atoms with Crippen LogP contribution in [0.5, 0.6) is 0 Å². The molecule has 0 saturated carbocycles. The van der Waals surface area contributed by atoms with Gasteiger partial charge in [-0.25, -0.2) is 0 Å². The first-order valence-electron chi connectivity index (χ1n) is 6.35. The summed E-state index contributed by atoms with van der Waals surface area (Å²) in [5, 5.41) is 12.2. The van der Waals surface area contributed by atoms with Crippen LogP contribution in [0.25, 0.3) is 10.9 Å². The molecule has 2 rings (SSSR count). The molecule has 0 spiro atoms. The molecule has 0 fully saturated rings. The smallest absolute Gasteiger partial charge is 0.253 e. The number of rotatable bonds is 4. The maximum absolute atomic E-state index is 11.5. The van der Waals surface area contributed by atoms with Gasteiger partial charge in [0.05, 0.1) is 11.7 Å². The molecule has 0 saturated heterocycles. The zero-order valence-corrected chi connectivity index (χ0v) is 11.4. The van der Waals surface area contributed by atoms with E-state index in [1.807, 2.05) is 0 Å². The van der Waals surface area contributed by atoms with Crippen LogP contribution in [-0.4, -0.2) is 28.5 Å². The number of fused-ring (bicyclic) bond motifs is 1. The van der Waals surface area contributed by atoms with E-state index < -0.39 is 12.0 Å². The van der Waals surface area contributed by atoms with Crippen LogP contribution in [-0.2, 0) is 4.79 Å². The zero-order chi connectivity index (χ0) is 15.4. The molecular formula is C15H15N3O3. The summed E-state index contributed by atoms with van der Waals surface area (Å²) < 4.78 is 0. The van der Waals surface area contributed by atoms with Gasteiger partial charge in [0.1, 0.15) is 5.82 Å². The van der Waals surface area contributed by atoms with Gasteiger partial charge >= 0.3 is 0 Å². The minimum absolute atomic E-state index is 0.237. The van der Waals surface area contributed by atoms with Crippen LogP contribution in [0.15, 0.2) is 18.2 Å². The molecule has 1 unspecified atom stereocenters. The van der Waals surface area contributed by atoms with Gasteiger partial charge in [-0.15, -0.1) is 0 Å². The largest absolute Gasteiger partial charge is 0.392 e. The average molecular weight is 285 g/mol. The van der Waals surface area contributed by atoms with Crippen LogP contribution < -0.4 is 11.1 Å². The molecule has 2 amide bonds. The van der Waals surface area contributed by atoms with Crippen molar-refractivity contribution in [3.63, 3.8) is 0 Å². The number of hydrogen-bond acceptors (Lipinski definition) is 3. The lowest BCUT2D eigenvalue weighted by Gasteiger charge is -1.97. The van der Waals surface area contributed by atoms with Crippen molar-refractivity contribution in [2.75, 3.05) is 5.32 Å². The van der Waals surface area contributed by atoms with E-state index >= 15 is 0 Å². The molecule has 1 heterocycles. The molecule has 6 nitrogen and oxygen atoms in total. The number of aliphatic hydroxyl groups excluding tert-OH is 1. The van der Waals surface area contributed by atoms with E-state index in [1.54, 1.807) is 25.1 Å². The first-order chi connectivity index (χ1) is 10.0. The van der Waals surface area contributed by atoms with Crippen LogP contribution in [0.1, 0.15) is 29.3 Å². The lowest BCUT2D eigenvalue weighted by atomic mass is 10.1. The first-order valence-corrected chi connectivity index (χ1v) is 6.35.